The summed E-state index contributed by atoms with van der Waals surface area (Å²) in [6, 6.07) is 6.80. The highest BCUT2D eigenvalue weighted by atomic mass is 15.1. The Morgan fingerprint density at radius 1 is 1.06 bits per heavy atom. The number of para-hydroxylation sites is 1. The van der Waals surface area contributed by atoms with E-state index in [0.717, 1.165) is 13.1 Å². The van der Waals surface area contributed by atoms with E-state index in [9.17, 15) is 0 Å². The third-order valence-corrected chi connectivity index (χ3v) is 4.00. The first-order valence-electron chi connectivity index (χ1n) is 7.00. The van der Waals surface area contributed by atoms with Gasteiger partial charge in [-0.25, -0.2) is 0 Å². The van der Waals surface area contributed by atoms with E-state index in [0.29, 0.717) is 0 Å². The number of hydrogen-bond donors (Lipinski definition) is 1. The van der Waals surface area contributed by atoms with Gasteiger partial charge in [0.2, 0.25) is 0 Å². The van der Waals surface area contributed by atoms with Gasteiger partial charge in [-0.15, -0.1) is 0 Å². The monoisotopic (exact) mass is 230 g/mol. The van der Waals surface area contributed by atoms with Gasteiger partial charge in [0.15, 0.2) is 0 Å². The van der Waals surface area contributed by atoms with Crippen LogP contribution in [0.15, 0.2) is 18.2 Å². The molecule has 0 spiro atoms. The molecule has 0 saturated carbocycles. The number of nitrogens with zero attached hydrogens (tertiary/aromatic N) is 1. The summed E-state index contributed by atoms with van der Waals surface area (Å²) in [6.07, 6.45) is 6.70. The van der Waals surface area contributed by atoms with Crippen LogP contribution in [0, 0.1) is 0 Å². The first kappa shape index (κ1) is 11.1. The number of benzene rings is 1. The van der Waals surface area contributed by atoms with Crippen molar-refractivity contribution in [3.63, 3.8) is 0 Å². The lowest BCUT2D eigenvalue weighted by Crippen LogP contribution is -2.29. The number of aryl methyl sites for hydroxylation is 1. The summed E-state index contributed by atoms with van der Waals surface area (Å²) in [5, 5.41) is 3.59. The SMILES string of the molecule is c1cc2c(c(CN3CCCCC3)c1)NCCC2. The van der Waals surface area contributed by atoms with Gasteiger partial charge in [-0.05, 0) is 49.9 Å². The van der Waals surface area contributed by atoms with E-state index in [2.05, 4.69) is 28.4 Å². The molecule has 1 aromatic rings. The molecule has 2 nitrogen and oxygen atoms in total. The molecule has 17 heavy (non-hydrogen) atoms. The van der Waals surface area contributed by atoms with Crippen LogP contribution >= 0.6 is 0 Å². The standard InChI is InChI=1S/C15H22N2/c1-2-10-17(11-3-1)12-14-7-4-6-13-8-5-9-16-15(13)14/h4,6-7,16H,1-3,5,8-12H2. The van der Waals surface area contributed by atoms with Crippen LogP contribution in [0.2, 0.25) is 0 Å². The molecular formula is C15H22N2. The molecule has 0 bridgehead atoms. The maximum Gasteiger partial charge on any atom is 0.0418 e. The lowest BCUT2D eigenvalue weighted by atomic mass is 9.98. The molecule has 2 aliphatic heterocycles. The van der Waals surface area contributed by atoms with E-state index in [1.54, 1.807) is 0 Å². The maximum atomic E-state index is 3.59. The third-order valence-electron chi connectivity index (χ3n) is 4.00. The minimum Gasteiger partial charge on any atom is -0.385 e. The minimum atomic E-state index is 1.14. The lowest BCUT2D eigenvalue weighted by molar-refractivity contribution is 0.221. The fraction of sp³-hybridized carbons (Fsp3) is 0.600. The third kappa shape index (κ3) is 2.47. The van der Waals surface area contributed by atoms with Crippen molar-refractivity contribution < 1.29 is 0 Å². The maximum absolute atomic E-state index is 3.59. The number of hydrogen-bond acceptors (Lipinski definition) is 2. The van der Waals surface area contributed by atoms with Gasteiger partial charge in [0.1, 0.15) is 0 Å². The summed E-state index contributed by atoms with van der Waals surface area (Å²) in [5.41, 5.74) is 4.46. The fourth-order valence-corrected chi connectivity index (χ4v) is 3.07. The second kappa shape index (κ2) is 5.09. The van der Waals surface area contributed by atoms with Gasteiger partial charge in [0, 0.05) is 18.8 Å². The molecule has 0 unspecified atom stereocenters. The lowest BCUT2D eigenvalue weighted by Gasteiger charge is -2.29. The van der Waals surface area contributed by atoms with Crippen LogP contribution in [0.25, 0.3) is 0 Å². The van der Waals surface area contributed by atoms with Crippen molar-refractivity contribution in [2.75, 3.05) is 25.0 Å². The number of anilines is 1. The molecule has 1 fully saturated rings. The Morgan fingerprint density at radius 3 is 2.82 bits per heavy atom. The molecule has 0 atom stereocenters. The molecule has 0 aromatic heterocycles. The topological polar surface area (TPSA) is 15.3 Å². The molecule has 2 heterocycles. The zero-order valence-electron chi connectivity index (χ0n) is 10.5. The molecule has 1 N–H and O–H groups in total. The van der Waals surface area contributed by atoms with Crippen LogP contribution in [0.4, 0.5) is 5.69 Å². The Morgan fingerprint density at radius 2 is 1.94 bits per heavy atom. The molecule has 1 saturated heterocycles. The predicted molar refractivity (Wildman–Crippen MR) is 72.4 cm³/mol. The van der Waals surface area contributed by atoms with Crippen LogP contribution in [0.3, 0.4) is 0 Å². The van der Waals surface area contributed by atoms with Crippen molar-refractivity contribution in [2.24, 2.45) is 0 Å². The molecule has 3 rings (SSSR count). The fourth-order valence-electron chi connectivity index (χ4n) is 3.07. The molecule has 2 heteroatoms. The summed E-state index contributed by atoms with van der Waals surface area (Å²) < 4.78 is 0. The summed E-state index contributed by atoms with van der Waals surface area (Å²) in [7, 11) is 0. The van der Waals surface area contributed by atoms with Crippen molar-refractivity contribution in [1.82, 2.24) is 4.90 Å². The Balaban J connectivity index is 1.77. The molecule has 2 aliphatic rings. The van der Waals surface area contributed by atoms with Crippen molar-refractivity contribution in [2.45, 2.75) is 38.6 Å². The Labute approximate surface area is 104 Å². The Hall–Kier alpha value is -1.02. The van der Waals surface area contributed by atoms with E-state index in [-0.39, 0.29) is 0 Å². The average Bonchev–Trinajstić information content (AvgIpc) is 2.40. The van der Waals surface area contributed by atoms with Crippen molar-refractivity contribution in [1.29, 1.82) is 0 Å². The van der Waals surface area contributed by atoms with E-state index in [1.807, 2.05) is 0 Å². The number of rotatable bonds is 2. The highest BCUT2D eigenvalue weighted by Gasteiger charge is 2.16. The first-order valence-corrected chi connectivity index (χ1v) is 7.00. The smallest absolute Gasteiger partial charge is 0.0418 e. The van der Waals surface area contributed by atoms with E-state index < -0.39 is 0 Å². The molecular weight excluding hydrogens is 208 g/mol. The largest absolute Gasteiger partial charge is 0.385 e. The first-order chi connectivity index (χ1) is 8.43. The average molecular weight is 230 g/mol. The summed E-state index contributed by atoms with van der Waals surface area (Å²) >= 11 is 0. The number of fused-ring (bicyclic) bond motifs is 1. The van der Waals surface area contributed by atoms with Gasteiger partial charge in [0.25, 0.3) is 0 Å². The molecule has 0 radical (unpaired) electrons. The van der Waals surface area contributed by atoms with E-state index in [1.165, 1.54) is 62.0 Å². The highest BCUT2D eigenvalue weighted by molar-refractivity contribution is 5.59. The van der Waals surface area contributed by atoms with Gasteiger partial charge in [0.05, 0.1) is 0 Å². The van der Waals surface area contributed by atoms with Crippen molar-refractivity contribution in [3.8, 4) is 0 Å². The van der Waals surface area contributed by atoms with Crippen LogP contribution in [-0.2, 0) is 13.0 Å². The number of piperidine rings is 1. The van der Waals surface area contributed by atoms with Gasteiger partial charge in [-0.3, -0.25) is 4.90 Å². The van der Waals surface area contributed by atoms with Crippen molar-refractivity contribution in [3.05, 3.63) is 29.3 Å². The quantitative estimate of drug-likeness (QED) is 0.840. The molecule has 0 amide bonds. The van der Waals surface area contributed by atoms with Crippen LogP contribution < -0.4 is 5.32 Å². The Kier molecular flexibility index (Phi) is 3.32. The molecule has 1 aromatic carbocycles. The predicted octanol–water partition coefficient (Wildman–Crippen LogP) is 3.03. The van der Waals surface area contributed by atoms with Crippen LogP contribution in [0.5, 0.6) is 0 Å². The summed E-state index contributed by atoms with van der Waals surface area (Å²) in [5.74, 6) is 0. The molecule has 0 aliphatic carbocycles. The highest BCUT2D eigenvalue weighted by Crippen LogP contribution is 2.27. The Bertz CT molecular complexity index is 381. The summed E-state index contributed by atoms with van der Waals surface area (Å²) in [4.78, 5) is 2.61. The zero-order chi connectivity index (χ0) is 11.5. The molecule has 92 valence electrons. The van der Waals surface area contributed by atoms with E-state index in [4.69, 9.17) is 0 Å². The van der Waals surface area contributed by atoms with Gasteiger partial charge >= 0.3 is 0 Å². The normalized spacial score (nSPS) is 20.7. The van der Waals surface area contributed by atoms with Gasteiger partial charge < -0.3 is 5.32 Å². The number of nitrogens with one attached hydrogen (secondary N) is 1. The minimum absolute atomic E-state index is 1.14. The van der Waals surface area contributed by atoms with E-state index >= 15 is 0 Å². The number of likely N-dealkylation sites (tertiary alicyclic amines) is 1. The second-order valence-electron chi connectivity index (χ2n) is 5.32. The second-order valence-corrected chi connectivity index (χ2v) is 5.32. The van der Waals surface area contributed by atoms with Crippen LogP contribution in [-0.4, -0.2) is 24.5 Å². The zero-order valence-corrected chi connectivity index (χ0v) is 10.5. The van der Waals surface area contributed by atoms with Crippen molar-refractivity contribution >= 4 is 5.69 Å². The summed E-state index contributed by atoms with van der Waals surface area (Å²) in [6.45, 7) is 4.84. The van der Waals surface area contributed by atoms with Gasteiger partial charge in [-0.1, -0.05) is 24.6 Å². The van der Waals surface area contributed by atoms with Crippen LogP contribution in [0.1, 0.15) is 36.8 Å². The van der Waals surface area contributed by atoms with Gasteiger partial charge in [-0.2, -0.15) is 0 Å².